The van der Waals surface area contributed by atoms with Crippen molar-refractivity contribution >= 4 is 41.0 Å². The van der Waals surface area contributed by atoms with Crippen molar-refractivity contribution in [3.05, 3.63) is 29.8 Å². The van der Waals surface area contributed by atoms with Gasteiger partial charge in [-0.2, -0.15) is 0 Å². The number of nitrogens with one attached hydrogen (secondary N) is 1. The van der Waals surface area contributed by atoms with Crippen LogP contribution < -0.4 is 5.32 Å². The summed E-state index contributed by atoms with van der Waals surface area (Å²) in [6.07, 6.45) is 0.117. The second-order valence-corrected chi connectivity index (χ2v) is 8.47. The highest BCUT2D eigenvalue weighted by molar-refractivity contribution is 8.01. The van der Waals surface area contributed by atoms with Crippen LogP contribution in [0.3, 0.4) is 0 Å². The Morgan fingerprint density at radius 1 is 1.37 bits per heavy atom. The topological polar surface area (TPSA) is 92.8 Å². The van der Waals surface area contributed by atoms with Crippen LogP contribution in [0.25, 0.3) is 0 Å². The number of ether oxygens (including phenoxy) is 1. The van der Waals surface area contributed by atoms with E-state index in [9.17, 15) is 19.2 Å². The third kappa shape index (κ3) is 3.85. The number of thioether (sulfide) groups is 1. The number of carbonyl (C=O) groups is 4. The van der Waals surface area contributed by atoms with Gasteiger partial charge in [0.15, 0.2) is 11.9 Å². The lowest BCUT2D eigenvalue weighted by molar-refractivity contribution is -0.160. The summed E-state index contributed by atoms with van der Waals surface area (Å²) < 4.78 is 5.32. The molecule has 3 atom stereocenters. The fourth-order valence-electron chi connectivity index (χ4n) is 3.36. The number of amides is 2. The van der Waals surface area contributed by atoms with E-state index in [-0.39, 0.29) is 16.6 Å². The second-order valence-electron chi connectivity index (χ2n) is 6.97. The van der Waals surface area contributed by atoms with Gasteiger partial charge in [0.1, 0.15) is 6.04 Å². The number of Topliss-reactive ketones (excluding diaryl/α,β-unsaturated/α-hetero) is 1. The number of hydrogen-bond acceptors (Lipinski definition) is 6. The molecule has 1 aromatic carbocycles. The van der Waals surface area contributed by atoms with E-state index in [0.29, 0.717) is 29.8 Å². The Morgan fingerprint density at radius 3 is 2.81 bits per heavy atom. The second kappa shape index (κ2) is 7.34. The van der Waals surface area contributed by atoms with E-state index in [1.807, 2.05) is 6.92 Å². The van der Waals surface area contributed by atoms with Gasteiger partial charge >= 0.3 is 5.97 Å². The van der Waals surface area contributed by atoms with E-state index < -0.39 is 24.0 Å². The molecule has 0 saturated carbocycles. The molecule has 2 aliphatic rings. The lowest BCUT2D eigenvalue weighted by Gasteiger charge is -2.29. The predicted octanol–water partition coefficient (Wildman–Crippen LogP) is 2.21. The third-order valence-electron chi connectivity index (χ3n) is 4.92. The van der Waals surface area contributed by atoms with Crippen LogP contribution in [-0.2, 0) is 19.1 Å². The summed E-state index contributed by atoms with van der Waals surface area (Å²) in [6.45, 7) is 4.88. The summed E-state index contributed by atoms with van der Waals surface area (Å²) in [4.78, 5) is 49.7. The fraction of sp³-hybridized carbons (Fsp3) is 0.474. The van der Waals surface area contributed by atoms with Crippen molar-refractivity contribution in [3.63, 3.8) is 0 Å². The van der Waals surface area contributed by atoms with E-state index in [0.717, 1.165) is 0 Å². The molecule has 0 aromatic heterocycles. The summed E-state index contributed by atoms with van der Waals surface area (Å²) in [5.41, 5.74) is 0.932. The SMILES string of the molecule is CC(=O)c1cccc(NC(=O)[C@@H](C)OC(=O)[C@@H]2CS[C@@]3(C)CCC(=O)N23)c1. The van der Waals surface area contributed by atoms with Gasteiger partial charge in [0.05, 0.1) is 4.87 Å². The van der Waals surface area contributed by atoms with E-state index in [2.05, 4.69) is 5.32 Å². The maximum atomic E-state index is 12.5. The molecule has 1 aromatic rings. The number of benzene rings is 1. The van der Waals surface area contributed by atoms with E-state index in [4.69, 9.17) is 4.74 Å². The van der Waals surface area contributed by atoms with Crippen molar-refractivity contribution in [1.82, 2.24) is 4.90 Å². The summed E-state index contributed by atoms with van der Waals surface area (Å²) in [5, 5.41) is 2.64. The molecule has 0 radical (unpaired) electrons. The molecule has 0 bridgehead atoms. The molecule has 3 rings (SSSR count). The zero-order valence-electron chi connectivity index (χ0n) is 15.5. The van der Waals surface area contributed by atoms with Crippen molar-refractivity contribution < 1.29 is 23.9 Å². The normalized spacial score (nSPS) is 25.1. The zero-order valence-corrected chi connectivity index (χ0v) is 16.3. The van der Waals surface area contributed by atoms with E-state index in [1.54, 1.807) is 40.9 Å². The number of anilines is 1. The van der Waals surface area contributed by atoms with Gasteiger partial charge in [-0.25, -0.2) is 4.79 Å². The number of hydrogen-bond donors (Lipinski definition) is 1. The molecule has 1 N–H and O–H groups in total. The molecule has 2 saturated heterocycles. The number of ketones is 1. The summed E-state index contributed by atoms with van der Waals surface area (Å²) in [7, 11) is 0. The highest BCUT2D eigenvalue weighted by Gasteiger charge is 2.53. The van der Waals surface area contributed by atoms with Crippen LogP contribution in [0.4, 0.5) is 5.69 Å². The zero-order chi connectivity index (χ0) is 19.8. The van der Waals surface area contributed by atoms with Gasteiger partial charge < -0.3 is 15.0 Å². The monoisotopic (exact) mass is 390 g/mol. The van der Waals surface area contributed by atoms with Crippen LogP contribution in [-0.4, -0.2) is 51.2 Å². The average Bonchev–Trinajstić information content (AvgIpc) is 3.11. The van der Waals surface area contributed by atoms with Crippen molar-refractivity contribution in [2.24, 2.45) is 0 Å². The Bertz CT molecular complexity index is 811. The number of esters is 1. The highest BCUT2D eigenvalue weighted by Crippen LogP contribution is 2.47. The minimum Gasteiger partial charge on any atom is -0.451 e. The van der Waals surface area contributed by atoms with Crippen LogP contribution in [0.2, 0.25) is 0 Å². The molecule has 0 aliphatic carbocycles. The Hall–Kier alpha value is -2.35. The lowest BCUT2D eigenvalue weighted by Crippen LogP contribution is -2.48. The Morgan fingerprint density at radius 2 is 2.11 bits per heavy atom. The van der Waals surface area contributed by atoms with E-state index in [1.165, 1.54) is 13.8 Å². The lowest BCUT2D eigenvalue weighted by atomic mass is 10.1. The molecular formula is C19H22N2O5S. The van der Waals surface area contributed by atoms with Gasteiger partial charge in [0.25, 0.3) is 5.91 Å². The number of carbonyl (C=O) groups excluding carboxylic acids is 4. The molecule has 144 valence electrons. The molecule has 27 heavy (non-hydrogen) atoms. The first-order valence-corrected chi connectivity index (χ1v) is 9.78. The van der Waals surface area contributed by atoms with Crippen LogP contribution in [0, 0.1) is 0 Å². The Balaban J connectivity index is 1.61. The first-order valence-electron chi connectivity index (χ1n) is 8.80. The van der Waals surface area contributed by atoms with Gasteiger partial charge in [0.2, 0.25) is 5.91 Å². The Kier molecular flexibility index (Phi) is 5.28. The maximum Gasteiger partial charge on any atom is 0.330 e. The van der Waals surface area contributed by atoms with E-state index >= 15 is 0 Å². The average molecular weight is 390 g/mol. The van der Waals surface area contributed by atoms with Crippen molar-refractivity contribution in [1.29, 1.82) is 0 Å². The molecular weight excluding hydrogens is 368 g/mol. The summed E-state index contributed by atoms with van der Waals surface area (Å²) in [6, 6.07) is 5.88. The Labute approximate surface area is 161 Å². The van der Waals surface area contributed by atoms with Crippen LogP contribution in [0.5, 0.6) is 0 Å². The van der Waals surface area contributed by atoms with Crippen molar-refractivity contribution in [2.45, 2.75) is 50.6 Å². The van der Waals surface area contributed by atoms with Crippen LogP contribution in [0.15, 0.2) is 24.3 Å². The van der Waals surface area contributed by atoms with Crippen molar-refractivity contribution in [3.8, 4) is 0 Å². The number of nitrogens with zero attached hydrogens (tertiary/aromatic N) is 1. The molecule has 0 unspecified atom stereocenters. The summed E-state index contributed by atoms with van der Waals surface area (Å²) in [5.74, 6) is -0.757. The van der Waals surface area contributed by atoms with Gasteiger partial charge in [-0.15, -0.1) is 11.8 Å². The molecule has 2 fully saturated rings. The van der Waals surface area contributed by atoms with Gasteiger partial charge in [-0.3, -0.25) is 14.4 Å². The fourth-order valence-corrected chi connectivity index (χ4v) is 4.78. The largest absolute Gasteiger partial charge is 0.451 e. The number of rotatable bonds is 5. The molecule has 0 spiro atoms. The minimum absolute atomic E-state index is 0.0531. The quantitative estimate of drug-likeness (QED) is 0.612. The predicted molar refractivity (Wildman–Crippen MR) is 101 cm³/mol. The molecule has 8 heteroatoms. The van der Waals surface area contributed by atoms with Gasteiger partial charge in [0, 0.05) is 23.4 Å². The molecule has 7 nitrogen and oxygen atoms in total. The first-order chi connectivity index (χ1) is 12.7. The van der Waals surface area contributed by atoms with Crippen LogP contribution >= 0.6 is 11.8 Å². The first kappa shape index (κ1) is 19.4. The third-order valence-corrected chi connectivity index (χ3v) is 6.42. The highest BCUT2D eigenvalue weighted by atomic mass is 32.2. The van der Waals surface area contributed by atoms with Crippen LogP contribution in [0.1, 0.15) is 44.0 Å². The summed E-state index contributed by atoms with van der Waals surface area (Å²) >= 11 is 1.57. The molecule has 2 amide bonds. The molecule has 2 aliphatic heterocycles. The molecule has 2 heterocycles. The van der Waals surface area contributed by atoms with Gasteiger partial charge in [-0.1, -0.05) is 12.1 Å². The maximum absolute atomic E-state index is 12.5. The number of fused-ring (bicyclic) bond motifs is 1. The van der Waals surface area contributed by atoms with Crippen molar-refractivity contribution in [2.75, 3.05) is 11.1 Å². The van der Waals surface area contributed by atoms with Gasteiger partial charge in [-0.05, 0) is 39.3 Å². The standard InChI is InChI=1S/C19H22N2O5S/c1-11(22)13-5-4-6-14(9-13)20-17(24)12(2)26-18(25)15-10-27-19(3)8-7-16(23)21(15)19/h4-6,9,12,15H,7-8,10H2,1-3H3,(H,20,24)/t12-,15+,19+/m1/s1. The minimum atomic E-state index is -1.02. The smallest absolute Gasteiger partial charge is 0.330 e.